The highest BCUT2D eigenvalue weighted by atomic mass is 35.5. The molecule has 0 atom stereocenters. The van der Waals surface area contributed by atoms with Gasteiger partial charge in [-0.15, -0.1) is 0 Å². The summed E-state index contributed by atoms with van der Waals surface area (Å²) >= 11 is 6.50. The largest absolute Gasteiger partial charge is 0.494 e. The van der Waals surface area contributed by atoms with Crippen molar-refractivity contribution in [1.82, 2.24) is 24.5 Å². The zero-order valence-corrected chi connectivity index (χ0v) is 23.1. The van der Waals surface area contributed by atoms with Crippen LogP contribution in [0.2, 0.25) is 5.02 Å². The van der Waals surface area contributed by atoms with Crippen LogP contribution < -0.4 is 20.3 Å². The van der Waals surface area contributed by atoms with Gasteiger partial charge in [0.25, 0.3) is 0 Å². The third kappa shape index (κ3) is 6.54. The summed E-state index contributed by atoms with van der Waals surface area (Å²) in [7, 11) is 7.57. The number of allylic oxidation sites excluding steroid dienone is 2. The lowest BCUT2D eigenvalue weighted by Crippen LogP contribution is -2.29. The second-order valence-corrected chi connectivity index (χ2v) is 9.39. The average molecular weight is 547 g/mol. The van der Waals surface area contributed by atoms with Gasteiger partial charge >= 0.3 is 0 Å². The lowest BCUT2D eigenvalue weighted by atomic mass is 10.2. The maximum atomic E-state index is 12.6. The van der Waals surface area contributed by atoms with E-state index in [0.717, 1.165) is 29.9 Å². The number of benzene rings is 1. The minimum absolute atomic E-state index is 0.286. The van der Waals surface area contributed by atoms with Gasteiger partial charge in [-0.1, -0.05) is 36.4 Å². The summed E-state index contributed by atoms with van der Waals surface area (Å²) < 4.78 is 7.46. The van der Waals surface area contributed by atoms with Gasteiger partial charge in [0.15, 0.2) is 0 Å². The molecule has 1 amide bonds. The molecule has 39 heavy (non-hydrogen) atoms. The lowest BCUT2D eigenvalue weighted by molar-refractivity contribution is -0.111. The molecule has 0 bridgehead atoms. The molecule has 0 aliphatic rings. The number of aromatic nitrogens is 4. The van der Waals surface area contributed by atoms with Crippen molar-refractivity contribution in [2.24, 2.45) is 0 Å². The molecular formula is C28H31ClN8O2. The quantitative estimate of drug-likeness (QED) is 0.203. The van der Waals surface area contributed by atoms with E-state index >= 15 is 0 Å². The molecule has 202 valence electrons. The number of methoxy groups -OCH3 is 1. The SMILES string of the molecule is C=C/C=C/C(=O)Nc1cc(Nc2ncc(Cl)c(-c3cnn4ccccc34)n2)c(OC)cc1N(C)CCN(C)C. The molecule has 0 unspecified atom stereocenters. The summed E-state index contributed by atoms with van der Waals surface area (Å²) in [6.07, 6.45) is 9.66. The summed E-state index contributed by atoms with van der Waals surface area (Å²) in [6.45, 7) is 5.18. The Bertz CT molecular complexity index is 1510. The number of likely N-dealkylation sites (N-methyl/N-ethyl adjacent to an activating group) is 2. The molecule has 4 aromatic rings. The fourth-order valence-corrected chi connectivity index (χ4v) is 4.10. The van der Waals surface area contributed by atoms with Crippen LogP contribution in [0.25, 0.3) is 16.8 Å². The summed E-state index contributed by atoms with van der Waals surface area (Å²) in [6, 6.07) is 9.44. The molecule has 0 saturated heterocycles. The molecule has 0 aliphatic heterocycles. The molecule has 0 spiro atoms. The van der Waals surface area contributed by atoms with Crippen molar-refractivity contribution in [2.75, 3.05) is 56.9 Å². The summed E-state index contributed by atoms with van der Waals surface area (Å²) in [4.78, 5) is 25.8. The molecule has 0 radical (unpaired) electrons. The van der Waals surface area contributed by atoms with E-state index < -0.39 is 0 Å². The number of carbonyl (C=O) groups is 1. The Labute approximate surface area is 232 Å². The number of nitrogens with one attached hydrogen (secondary N) is 2. The average Bonchev–Trinajstić information content (AvgIpc) is 3.35. The number of halogens is 1. The molecule has 2 N–H and O–H groups in total. The topological polar surface area (TPSA) is 99.9 Å². The lowest BCUT2D eigenvalue weighted by Gasteiger charge is -2.26. The zero-order chi connectivity index (χ0) is 27.9. The first-order valence-corrected chi connectivity index (χ1v) is 12.6. The molecule has 3 aromatic heterocycles. The normalized spacial score (nSPS) is 11.2. The van der Waals surface area contributed by atoms with Crippen molar-refractivity contribution in [3.05, 3.63) is 78.8 Å². The summed E-state index contributed by atoms with van der Waals surface area (Å²) in [5.74, 6) is 0.573. The Morgan fingerprint density at radius 1 is 1.18 bits per heavy atom. The number of ether oxygens (including phenoxy) is 1. The number of pyridine rings is 1. The standard InChI is InChI=1S/C28H31ClN8O2/c1-6-7-11-26(38)32-21-15-22(25(39-5)16-24(21)36(4)14-13-35(2)3)33-28-30-18-20(29)27(34-28)19-17-31-37-12-9-8-10-23(19)37/h6-12,15-18H,1,13-14H2,2-5H3,(H,32,38)(H,30,33,34)/b11-7+. The summed E-state index contributed by atoms with van der Waals surface area (Å²) in [5.41, 5.74) is 4.14. The van der Waals surface area contributed by atoms with Gasteiger partial charge in [-0.3, -0.25) is 4.79 Å². The maximum Gasteiger partial charge on any atom is 0.248 e. The predicted octanol–water partition coefficient (Wildman–Crippen LogP) is 4.88. The van der Waals surface area contributed by atoms with Crippen molar-refractivity contribution in [3.8, 4) is 17.0 Å². The van der Waals surface area contributed by atoms with Crippen LogP contribution in [0.5, 0.6) is 5.75 Å². The second-order valence-electron chi connectivity index (χ2n) is 8.98. The molecule has 4 rings (SSSR count). The molecule has 10 nitrogen and oxygen atoms in total. The van der Waals surface area contributed by atoms with Gasteiger partial charge in [-0.2, -0.15) is 5.10 Å². The Morgan fingerprint density at radius 3 is 2.74 bits per heavy atom. The van der Waals surface area contributed by atoms with Crippen LogP contribution in [0, 0.1) is 0 Å². The van der Waals surface area contributed by atoms with Gasteiger partial charge < -0.3 is 25.2 Å². The van der Waals surface area contributed by atoms with E-state index in [4.69, 9.17) is 16.3 Å². The fourth-order valence-electron chi connectivity index (χ4n) is 3.91. The molecule has 1 aromatic carbocycles. The van der Waals surface area contributed by atoms with Gasteiger partial charge in [0.1, 0.15) is 5.75 Å². The third-order valence-corrected chi connectivity index (χ3v) is 6.20. The van der Waals surface area contributed by atoms with Crippen LogP contribution >= 0.6 is 11.6 Å². The van der Waals surface area contributed by atoms with E-state index in [1.807, 2.05) is 51.6 Å². The van der Waals surface area contributed by atoms with E-state index in [0.29, 0.717) is 33.8 Å². The number of anilines is 4. The van der Waals surface area contributed by atoms with Gasteiger partial charge in [-0.05, 0) is 32.3 Å². The van der Waals surface area contributed by atoms with Gasteiger partial charge in [-0.25, -0.2) is 14.5 Å². The van der Waals surface area contributed by atoms with Gasteiger partial charge in [0, 0.05) is 44.0 Å². The van der Waals surface area contributed by atoms with E-state index in [1.165, 1.54) is 12.3 Å². The van der Waals surface area contributed by atoms with E-state index in [2.05, 4.69) is 42.1 Å². The smallest absolute Gasteiger partial charge is 0.248 e. The van der Waals surface area contributed by atoms with Gasteiger partial charge in [0.2, 0.25) is 11.9 Å². The second kappa shape index (κ2) is 12.4. The Hall–Kier alpha value is -4.41. The first-order valence-electron chi connectivity index (χ1n) is 12.2. The number of hydrogen-bond donors (Lipinski definition) is 2. The van der Waals surface area contributed by atoms with Crippen LogP contribution in [0.15, 0.2) is 73.7 Å². The van der Waals surface area contributed by atoms with Crippen LogP contribution in [0.1, 0.15) is 0 Å². The molecule has 0 aliphatic carbocycles. The monoisotopic (exact) mass is 546 g/mol. The highest BCUT2D eigenvalue weighted by Gasteiger charge is 2.18. The molecule has 3 heterocycles. The van der Waals surface area contributed by atoms with Crippen molar-refractivity contribution in [2.45, 2.75) is 0 Å². The Balaban J connectivity index is 1.72. The number of carbonyl (C=O) groups excluding carboxylic acids is 1. The Kier molecular flexibility index (Phi) is 8.80. The van der Waals surface area contributed by atoms with Crippen molar-refractivity contribution in [3.63, 3.8) is 0 Å². The van der Waals surface area contributed by atoms with Crippen LogP contribution in [-0.4, -0.2) is 71.7 Å². The Morgan fingerprint density at radius 2 is 2.00 bits per heavy atom. The number of nitrogens with zero attached hydrogens (tertiary/aromatic N) is 6. The number of rotatable bonds is 11. The van der Waals surface area contributed by atoms with E-state index in [1.54, 1.807) is 36.0 Å². The highest BCUT2D eigenvalue weighted by Crippen LogP contribution is 2.38. The molecular weight excluding hydrogens is 516 g/mol. The van der Waals surface area contributed by atoms with Gasteiger partial charge in [0.05, 0.1) is 52.8 Å². The van der Waals surface area contributed by atoms with Crippen LogP contribution in [0.4, 0.5) is 23.0 Å². The number of hydrogen-bond acceptors (Lipinski definition) is 8. The van der Waals surface area contributed by atoms with Crippen LogP contribution in [-0.2, 0) is 4.79 Å². The summed E-state index contributed by atoms with van der Waals surface area (Å²) in [5, 5.41) is 11.0. The minimum Gasteiger partial charge on any atom is -0.494 e. The third-order valence-electron chi connectivity index (χ3n) is 5.93. The van der Waals surface area contributed by atoms with E-state index in [-0.39, 0.29) is 5.91 Å². The van der Waals surface area contributed by atoms with Crippen molar-refractivity contribution < 1.29 is 9.53 Å². The minimum atomic E-state index is -0.286. The van der Waals surface area contributed by atoms with Crippen molar-refractivity contribution >= 4 is 46.0 Å². The number of fused-ring (bicyclic) bond motifs is 1. The van der Waals surface area contributed by atoms with Crippen molar-refractivity contribution in [1.29, 1.82) is 0 Å². The molecule has 0 saturated carbocycles. The zero-order valence-electron chi connectivity index (χ0n) is 22.3. The van der Waals surface area contributed by atoms with E-state index in [9.17, 15) is 4.79 Å². The molecule has 11 heteroatoms. The predicted molar refractivity (Wildman–Crippen MR) is 157 cm³/mol. The highest BCUT2D eigenvalue weighted by molar-refractivity contribution is 6.33. The fraction of sp³-hybridized carbons (Fsp3) is 0.214. The van der Waals surface area contributed by atoms with Crippen LogP contribution in [0.3, 0.4) is 0 Å². The molecule has 0 fully saturated rings. The maximum absolute atomic E-state index is 12.6. The first kappa shape index (κ1) is 27.6. The number of amides is 1. The first-order chi connectivity index (χ1) is 18.8.